The van der Waals surface area contributed by atoms with Crippen LogP contribution in [0.15, 0.2) is 34.2 Å². The Balaban J connectivity index is 1.39. The van der Waals surface area contributed by atoms with Gasteiger partial charge in [-0.2, -0.15) is 0 Å². The topological polar surface area (TPSA) is 99.7 Å². The number of carbonyl (C=O) groups is 1. The third-order valence-corrected chi connectivity index (χ3v) is 6.17. The lowest BCUT2D eigenvalue weighted by atomic mass is 9.96. The predicted octanol–water partition coefficient (Wildman–Crippen LogP) is 1.01. The number of piperidine rings is 1. The Bertz CT molecular complexity index is 770. The summed E-state index contributed by atoms with van der Waals surface area (Å²) in [6, 6.07) is 6.77. The normalized spacial score (nSPS) is 22.6. The van der Waals surface area contributed by atoms with E-state index in [1.165, 1.54) is 12.8 Å². The smallest absolute Gasteiger partial charge is 0.263 e. The van der Waals surface area contributed by atoms with Crippen molar-refractivity contribution in [2.24, 2.45) is 10.9 Å². The van der Waals surface area contributed by atoms with Gasteiger partial charge in [0.1, 0.15) is 5.84 Å². The van der Waals surface area contributed by atoms with Crippen LogP contribution in [-0.4, -0.2) is 46.3 Å². The predicted molar refractivity (Wildman–Crippen MR) is 101 cm³/mol. The van der Waals surface area contributed by atoms with Gasteiger partial charge in [0.05, 0.1) is 4.90 Å². The second kappa shape index (κ2) is 8.64. The van der Waals surface area contributed by atoms with Crippen LogP contribution in [0.4, 0.5) is 0 Å². The fraction of sp³-hybridized carbons (Fsp3) is 0.556. The molecule has 0 bridgehead atoms. The van der Waals surface area contributed by atoms with Crippen molar-refractivity contribution in [3.05, 3.63) is 29.8 Å². The minimum absolute atomic E-state index is 0.0290. The van der Waals surface area contributed by atoms with E-state index < -0.39 is 10.0 Å². The van der Waals surface area contributed by atoms with Crippen LogP contribution in [0.5, 0.6) is 0 Å². The summed E-state index contributed by atoms with van der Waals surface area (Å²) in [5, 5.41) is 6.34. The number of rotatable bonds is 7. The maximum Gasteiger partial charge on any atom is 0.263 e. The molecule has 1 fully saturated rings. The molecule has 3 rings (SSSR count). The first-order valence-corrected chi connectivity index (χ1v) is 10.7. The molecule has 3 N–H and O–H groups in total. The van der Waals surface area contributed by atoms with E-state index in [1.807, 2.05) is 0 Å². The van der Waals surface area contributed by atoms with Crippen LogP contribution in [0.2, 0.25) is 0 Å². The summed E-state index contributed by atoms with van der Waals surface area (Å²) in [5.41, 5.74) is 0.595. The Morgan fingerprint density at radius 3 is 2.96 bits per heavy atom. The molecule has 2 heterocycles. The number of sulfonamides is 1. The molecule has 0 radical (unpaired) electrons. The number of nitrogens with one attached hydrogen (secondary N) is 3. The lowest BCUT2D eigenvalue weighted by Gasteiger charge is -2.22. The van der Waals surface area contributed by atoms with Gasteiger partial charge in [0.25, 0.3) is 10.0 Å². The van der Waals surface area contributed by atoms with Gasteiger partial charge in [-0.3, -0.25) is 14.5 Å². The number of amides is 1. The highest BCUT2D eigenvalue weighted by Gasteiger charge is 2.29. The van der Waals surface area contributed by atoms with Crippen molar-refractivity contribution in [1.29, 1.82) is 0 Å². The Labute approximate surface area is 154 Å². The molecule has 0 spiro atoms. The molecule has 1 aromatic carbocycles. The Kier molecular flexibility index (Phi) is 6.26. The molecule has 7 nitrogen and oxygen atoms in total. The molecule has 0 aromatic heterocycles. The monoisotopic (exact) mass is 378 g/mol. The zero-order chi connectivity index (χ0) is 18.4. The lowest BCUT2D eigenvalue weighted by Crippen LogP contribution is -2.33. The molecule has 142 valence electrons. The van der Waals surface area contributed by atoms with Gasteiger partial charge in [-0.25, -0.2) is 8.42 Å². The molecule has 0 aliphatic carbocycles. The van der Waals surface area contributed by atoms with Gasteiger partial charge in [0, 0.05) is 25.1 Å². The lowest BCUT2D eigenvalue weighted by molar-refractivity contribution is -0.121. The molecule has 8 heteroatoms. The number of hydrogen-bond donors (Lipinski definition) is 3. The summed E-state index contributed by atoms with van der Waals surface area (Å²) < 4.78 is 26.5. The summed E-state index contributed by atoms with van der Waals surface area (Å²) in [6.07, 6.45) is 4.45. The number of aliphatic imine (C=N–C) groups is 1. The van der Waals surface area contributed by atoms with Gasteiger partial charge >= 0.3 is 0 Å². The van der Waals surface area contributed by atoms with Gasteiger partial charge in [-0.15, -0.1) is 0 Å². The van der Waals surface area contributed by atoms with Crippen molar-refractivity contribution in [1.82, 2.24) is 15.4 Å². The third kappa shape index (κ3) is 4.82. The number of amidine groups is 1. The molecule has 2 aliphatic heterocycles. The molecule has 1 unspecified atom stereocenters. The van der Waals surface area contributed by atoms with Gasteiger partial charge in [0.15, 0.2) is 0 Å². The third-order valence-electron chi connectivity index (χ3n) is 4.77. The van der Waals surface area contributed by atoms with Gasteiger partial charge in [-0.05, 0) is 56.8 Å². The zero-order valence-electron chi connectivity index (χ0n) is 14.8. The van der Waals surface area contributed by atoms with E-state index in [0.29, 0.717) is 43.2 Å². The SMILES string of the molecule is O=C(CCCN=C1NS(=O)(=O)c2ccccc21)NCCC1CCCNC1. The molecule has 1 atom stereocenters. The van der Waals surface area contributed by atoms with Crippen LogP contribution < -0.4 is 15.4 Å². The molecule has 2 aliphatic rings. The average molecular weight is 378 g/mol. The van der Waals surface area contributed by atoms with Crippen LogP contribution in [-0.2, 0) is 14.8 Å². The number of nitrogens with zero attached hydrogens (tertiary/aromatic N) is 1. The fourth-order valence-electron chi connectivity index (χ4n) is 3.36. The maximum atomic E-state index is 12.0. The molecule has 26 heavy (non-hydrogen) atoms. The minimum Gasteiger partial charge on any atom is -0.356 e. The Morgan fingerprint density at radius 1 is 1.31 bits per heavy atom. The first kappa shape index (κ1) is 18.8. The van der Waals surface area contributed by atoms with Crippen molar-refractivity contribution >= 4 is 21.8 Å². The number of fused-ring (bicyclic) bond motifs is 1. The van der Waals surface area contributed by atoms with E-state index in [4.69, 9.17) is 0 Å². The highest BCUT2D eigenvalue weighted by molar-refractivity contribution is 7.90. The van der Waals surface area contributed by atoms with Crippen LogP contribution in [0.25, 0.3) is 0 Å². The van der Waals surface area contributed by atoms with Crippen LogP contribution in [0.3, 0.4) is 0 Å². The standard InChI is InChI=1S/C18H26N4O3S/c23-17(20-12-9-14-5-3-10-19-13-14)8-4-11-21-18-15-6-1-2-7-16(15)26(24,25)22-18/h1-2,6-7,14,19H,3-5,8-13H2,(H,20,23)(H,21,22). The largest absolute Gasteiger partial charge is 0.356 e. The Hall–Kier alpha value is -1.93. The van der Waals surface area contributed by atoms with Crippen LogP contribution in [0, 0.1) is 5.92 Å². The number of hydrogen-bond acceptors (Lipinski definition) is 5. The molecular formula is C18H26N4O3S. The highest BCUT2D eigenvalue weighted by atomic mass is 32.2. The highest BCUT2D eigenvalue weighted by Crippen LogP contribution is 2.22. The second-order valence-electron chi connectivity index (χ2n) is 6.79. The molecule has 1 saturated heterocycles. The maximum absolute atomic E-state index is 12.0. The summed E-state index contributed by atoms with van der Waals surface area (Å²) in [5.74, 6) is 1.05. The van der Waals surface area contributed by atoms with E-state index in [2.05, 4.69) is 20.3 Å². The molecule has 1 aromatic rings. The first-order valence-electron chi connectivity index (χ1n) is 9.20. The van der Waals surface area contributed by atoms with Crippen LogP contribution in [0.1, 0.15) is 37.7 Å². The fourth-order valence-corrected chi connectivity index (χ4v) is 4.61. The van der Waals surface area contributed by atoms with Crippen molar-refractivity contribution in [3.63, 3.8) is 0 Å². The van der Waals surface area contributed by atoms with Gasteiger partial charge in [-0.1, -0.05) is 12.1 Å². The number of carbonyl (C=O) groups excluding carboxylic acids is 1. The van der Waals surface area contributed by atoms with E-state index in [9.17, 15) is 13.2 Å². The van der Waals surface area contributed by atoms with E-state index in [0.717, 1.165) is 19.5 Å². The van der Waals surface area contributed by atoms with Crippen LogP contribution >= 0.6 is 0 Å². The second-order valence-corrected chi connectivity index (χ2v) is 8.44. The Morgan fingerprint density at radius 2 is 2.15 bits per heavy atom. The molecule has 0 saturated carbocycles. The zero-order valence-corrected chi connectivity index (χ0v) is 15.6. The van der Waals surface area contributed by atoms with E-state index in [1.54, 1.807) is 24.3 Å². The summed E-state index contributed by atoms with van der Waals surface area (Å²) in [6.45, 7) is 3.27. The van der Waals surface area contributed by atoms with Gasteiger partial charge in [0.2, 0.25) is 5.91 Å². The van der Waals surface area contributed by atoms with E-state index in [-0.39, 0.29) is 10.8 Å². The quantitative estimate of drug-likeness (QED) is 0.617. The van der Waals surface area contributed by atoms with Gasteiger partial charge < -0.3 is 10.6 Å². The summed E-state index contributed by atoms with van der Waals surface area (Å²) >= 11 is 0. The number of benzene rings is 1. The summed E-state index contributed by atoms with van der Waals surface area (Å²) in [7, 11) is -3.50. The average Bonchev–Trinajstić information content (AvgIpc) is 2.91. The first-order chi connectivity index (χ1) is 12.6. The molecular weight excluding hydrogens is 352 g/mol. The van der Waals surface area contributed by atoms with Crippen molar-refractivity contribution in [2.45, 2.75) is 37.0 Å². The van der Waals surface area contributed by atoms with Crippen molar-refractivity contribution in [2.75, 3.05) is 26.2 Å². The molecule has 1 amide bonds. The van der Waals surface area contributed by atoms with Crippen molar-refractivity contribution < 1.29 is 13.2 Å². The van der Waals surface area contributed by atoms with Crippen molar-refractivity contribution in [3.8, 4) is 0 Å². The van der Waals surface area contributed by atoms with E-state index >= 15 is 0 Å². The summed E-state index contributed by atoms with van der Waals surface area (Å²) in [4.78, 5) is 16.5. The minimum atomic E-state index is -3.50.